The summed E-state index contributed by atoms with van der Waals surface area (Å²) in [7, 11) is 0. The van der Waals surface area contributed by atoms with E-state index in [0.29, 0.717) is 0 Å². The summed E-state index contributed by atoms with van der Waals surface area (Å²) in [4.78, 5) is 2.71. The molecule has 33 heavy (non-hydrogen) atoms. The lowest BCUT2D eigenvalue weighted by Gasteiger charge is -2.30. The molecule has 1 aliphatic heterocycles. The fourth-order valence-electron chi connectivity index (χ4n) is 5.02. The number of hydrogen-bond acceptors (Lipinski definition) is 3. The van der Waals surface area contributed by atoms with Gasteiger partial charge in [0.2, 0.25) is 0 Å². The van der Waals surface area contributed by atoms with Crippen LogP contribution in [0.15, 0.2) is 42.5 Å². The Hall–Kier alpha value is -2.17. The van der Waals surface area contributed by atoms with Crippen molar-refractivity contribution in [3.8, 4) is 11.1 Å². The average Bonchev–Trinajstić information content (AvgIpc) is 2.81. The second kappa shape index (κ2) is 13.5. The summed E-state index contributed by atoms with van der Waals surface area (Å²) in [6.07, 6.45) is 10.7. The summed E-state index contributed by atoms with van der Waals surface area (Å²) in [5, 5.41) is 11.3. The quantitative estimate of drug-likeness (QED) is 0.197. The zero-order chi connectivity index (χ0) is 23.5. The minimum atomic E-state index is 0.122. The van der Waals surface area contributed by atoms with Gasteiger partial charge in [0.25, 0.3) is 0 Å². The summed E-state index contributed by atoms with van der Waals surface area (Å²) in [6, 6.07) is 15.0. The number of nitrogens with one attached hydrogen (secondary N) is 2. The summed E-state index contributed by atoms with van der Waals surface area (Å²) < 4.78 is 0. The van der Waals surface area contributed by atoms with E-state index in [4.69, 9.17) is 11.1 Å². The third-order valence-corrected chi connectivity index (χ3v) is 6.85. The second-order valence-corrected chi connectivity index (χ2v) is 9.90. The van der Waals surface area contributed by atoms with Crippen LogP contribution in [0.2, 0.25) is 0 Å². The average molecular weight is 449 g/mol. The Morgan fingerprint density at radius 2 is 1.76 bits per heavy atom. The predicted octanol–water partition coefficient (Wildman–Crippen LogP) is 6.11. The fraction of sp³-hybridized carbons (Fsp3) is 0.552. The Bertz CT molecular complexity index is 870. The highest BCUT2D eigenvalue weighted by Crippen LogP contribution is 2.25. The lowest BCUT2D eigenvalue weighted by Crippen LogP contribution is -2.36. The summed E-state index contributed by atoms with van der Waals surface area (Å²) in [5.74, 6) is 0.930. The highest BCUT2D eigenvalue weighted by atomic mass is 15.1. The highest BCUT2D eigenvalue weighted by Gasteiger charge is 2.17. The maximum atomic E-state index is 7.78. The van der Waals surface area contributed by atoms with Gasteiger partial charge in [0.15, 0.2) is 0 Å². The Morgan fingerprint density at radius 3 is 2.52 bits per heavy atom. The predicted molar refractivity (Wildman–Crippen MR) is 142 cm³/mol. The number of amidine groups is 1. The standard InChI is InChI=1S/C29H44N4/c1-3-4-5-6-7-8-16-33(21-24-12-14-32-15-13-24)22-25-17-23(2)18-28(19-25)26-10-9-11-27(20-26)29(30)31/h9-11,17-20,24,32H,3-8,12-16,21-22H2,1-2H3,(H3,30,31). The van der Waals surface area contributed by atoms with E-state index < -0.39 is 0 Å². The molecule has 0 aromatic heterocycles. The Morgan fingerprint density at radius 1 is 1.00 bits per heavy atom. The van der Waals surface area contributed by atoms with Crippen molar-refractivity contribution in [3.05, 3.63) is 59.2 Å². The minimum absolute atomic E-state index is 0.122. The van der Waals surface area contributed by atoms with Gasteiger partial charge in [0.05, 0.1) is 0 Å². The van der Waals surface area contributed by atoms with Crippen LogP contribution in [-0.4, -0.2) is 36.9 Å². The monoisotopic (exact) mass is 448 g/mol. The van der Waals surface area contributed by atoms with Crippen molar-refractivity contribution >= 4 is 5.84 Å². The number of benzene rings is 2. The Labute approximate surface area is 201 Å². The lowest BCUT2D eigenvalue weighted by atomic mass is 9.96. The van der Waals surface area contributed by atoms with E-state index in [1.54, 1.807) is 0 Å². The van der Waals surface area contributed by atoms with Crippen LogP contribution in [0.5, 0.6) is 0 Å². The molecule has 0 bridgehead atoms. The zero-order valence-corrected chi connectivity index (χ0v) is 20.8. The number of unbranched alkanes of at least 4 members (excludes halogenated alkanes) is 5. The van der Waals surface area contributed by atoms with E-state index in [2.05, 4.69) is 48.3 Å². The van der Waals surface area contributed by atoms with Gasteiger partial charge >= 0.3 is 0 Å². The normalized spacial score (nSPS) is 14.6. The van der Waals surface area contributed by atoms with Gasteiger partial charge in [-0.05, 0) is 80.6 Å². The molecule has 0 spiro atoms. The zero-order valence-electron chi connectivity index (χ0n) is 20.8. The minimum Gasteiger partial charge on any atom is -0.384 e. The molecule has 2 aromatic rings. The topological polar surface area (TPSA) is 65.1 Å². The first-order valence-corrected chi connectivity index (χ1v) is 13.0. The molecule has 0 unspecified atom stereocenters. The number of nitrogens with zero attached hydrogens (tertiary/aromatic N) is 1. The van der Waals surface area contributed by atoms with Crippen LogP contribution in [0, 0.1) is 18.3 Å². The molecule has 1 saturated heterocycles. The number of hydrogen-bond donors (Lipinski definition) is 3. The Kier molecular flexibility index (Phi) is 10.4. The molecule has 0 amide bonds. The van der Waals surface area contributed by atoms with Gasteiger partial charge in [-0.2, -0.15) is 0 Å². The molecule has 1 heterocycles. The highest BCUT2D eigenvalue weighted by molar-refractivity contribution is 5.96. The fourth-order valence-corrected chi connectivity index (χ4v) is 5.02. The maximum absolute atomic E-state index is 7.78. The van der Waals surface area contributed by atoms with E-state index in [-0.39, 0.29) is 5.84 Å². The van der Waals surface area contributed by atoms with Gasteiger partial charge < -0.3 is 11.1 Å². The molecule has 2 aromatic carbocycles. The van der Waals surface area contributed by atoms with Crippen molar-refractivity contribution in [1.82, 2.24) is 10.2 Å². The molecule has 1 aliphatic rings. The van der Waals surface area contributed by atoms with Crippen LogP contribution < -0.4 is 11.1 Å². The van der Waals surface area contributed by atoms with Crippen molar-refractivity contribution in [2.45, 2.75) is 71.8 Å². The van der Waals surface area contributed by atoms with Crippen LogP contribution in [-0.2, 0) is 6.54 Å². The van der Waals surface area contributed by atoms with E-state index in [9.17, 15) is 0 Å². The molecule has 0 radical (unpaired) electrons. The van der Waals surface area contributed by atoms with Gasteiger partial charge in [-0.1, -0.05) is 74.9 Å². The van der Waals surface area contributed by atoms with Crippen molar-refractivity contribution in [2.24, 2.45) is 11.7 Å². The van der Waals surface area contributed by atoms with Gasteiger partial charge in [-0.3, -0.25) is 10.3 Å². The van der Waals surface area contributed by atoms with E-state index in [1.165, 1.54) is 81.1 Å². The lowest BCUT2D eigenvalue weighted by molar-refractivity contribution is 0.195. The molecular weight excluding hydrogens is 404 g/mol. The number of piperidine rings is 1. The molecule has 180 valence electrons. The van der Waals surface area contributed by atoms with Crippen molar-refractivity contribution in [2.75, 3.05) is 26.2 Å². The van der Waals surface area contributed by atoms with Crippen molar-refractivity contribution in [1.29, 1.82) is 5.41 Å². The molecular formula is C29H44N4. The number of rotatable bonds is 13. The molecule has 0 saturated carbocycles. The maximum Gasteiger partial charge on any atom is 0.122 e. The first-order chi connectivity index (χ1) is 16.0. The third-order valence-electron chi connectivity index (χ3n) is 6.85. The number of nitrogen functional groups attached to an aromatic ring is 1. The summed E-state index contributed by atoms with van der Waals surface area (Å²) in [5.41, 5.74) is 11.5. The molecule has 4 N–H and O–H groups in total. The smallest absolute Gasteiger partial charge is 0.122 e. The van der Waals surface area contributed by atoms with Crippen LogP contribution in [0.25, 0.3) is 11.1 Å². The van der Waals surface area contributed by atoms with E-state index in [0.717, 1.165) is 36.7 Å². The summed E-state index contributed by atoms with van der Waals surface area (Å²) in [6.45, 7) is 10.2. The first kappa shape index (κ1) is 25.5. The van der Waals surface area contributed by atoms with Crippen LogP contribution in [0.1, 0.15) is 75.0 Å². The summed E-state index contributed by atoms with van der Waals surface area (Å²) >= 11 is 0. The van der Waals surface area contributed by atoms with Gasteiger partial charge in [-0.15, -0.1) is 0 Å². The second-order valence-electron chi connectivity index (χ2n) is 9.90. The number of nitrogens with two attached hydrogens (primary N) is 1. The van der Waals surface area contributed by atoms with E-state index in [1.807, 2.05) is 18.2 Å². The molecule has 4 heteroatoms. The van der Waals surface area contributed by atoms with E-state index >= 15 is 0 Å². The SMILES string of the molecule is CCCCCCCCN(Cc1cc(C)cc(-c2cccc(C(=N)N)c2)c1)CC1CCNCC1. The van der Waals surface area contributed by atoms with Crippen LogP contribution in [0.3, 0.4) is 0 Å². The van der Waals surface area contributed by atoms with Crippen molar-refractivity contribution < 1.29 is 0 Å². The largest absolute Gasteiger partial charge is 0.384 e. The van der Waals surface area contributed by atoms with Crippen LogP contribution >= 0.6 is 0 Å². The molecule has 0 aliphatic carbocycles. The number of aryl methyl sites for hydroxylation is 1. The van der Waals surface area contributed by atoms with Gasteiger partial charge in [0, 0.05) is 18.7 Å². The first-order valence-electron chi connectivity index (χ1n) is 13.0. The van der Waals surface area contributed by atoms with Gasteiger partial charge in [-0.25, -0.2) is 0 Å². The molecule has 1 fully saturated rings. The third kappa shape index (κ3) is 8.60. The van der Waals surface area contributed by atoms with Crippen LogP contribution in [0.4, 0.5) is 0 Å². The van der Waals surface area contributed by atoms with Gasteiger partial charge in [0.1, 0.15) is 5.84 Å². The molecule has 3 rings (SSSR count). The van der Waals surface area contributed by atoms with Crippen molar-refractivity contribution in [3.63, 3.8) is 0 Å². The molecule has 0 atom stereocenters. The molecule has 4 nitrogen and oxygen atoms in total. The Balaban J connectivity index is 1.70.